The van der Waals surface area contributed by atoms with E-state index in [-0.39, 0.29) is 29.9 Å². The Hall–Kier alpha value is -6.19. The summed E-state index contributed by atoms with van der Waals surface area (Å²) in [6.45, 7) is 1.24. The van der Waals surface area contributed by atoms with Crippen LogP contribution in [0.25, 0.3) is 11.3 Å². The van der Waals surface area contributed by atoms with Crippen molar-refractivity contribution in [2.45, 2.75) is 49.9 Å². The quantitative estimate of drug-likeness (QED) is 0.160. The van der Waals surface area contributed by atoms with E-state index in [0.717, 1.165) is 53.9 Å². The van der Waals surface area contributed by atoms with Crippen LogP contribution in [0.5, 0.6) is 0 Å². The van der Waals surface area contributed by atoms with Gasteiger partial charge >= 0.3 is 6.09 Å². The minimum Gasteiger partial charge on any atom is -0.453 e. The Morgan fingerprint density at radius 1 is 0.778 bits per heavy atom. The Morgan fingerprint density at radius 3 is 2.00 bits per heavy atom. The number of benzene rings is 3. The molecule has 2 aliphatic rings. The summed E-state index contributed by atoms with van der Waals surface area (Å²) < 4.78 is 4.81. The Bertz CT molecular complexity index is 2130. The van der Waals surface area contributed by atoms with Crippen LogP contribution in [0.1, 0.15) is 83.9 Å². The second-order valence-corrected chi connectivity index (χ2v) is 13.8. The number of alkyl carbamates (subject to hydrolysis) is 1. The summed E-state index contributed by atoms with van der Waals surface area (Å²) in [7, 11) is 5.15. The number of aromatic nitrogens is 4. The number of likely N-dealkylation sites (tertiary alicyclic amines) is 2. The Morgan fingerprint density at radius 2 is 1.37 bits per heavy atom. The normalized spacial score (nSPS) is 17.9. The van der Waals surface area contributed by atoms with Crippen LogP contribution >= 0.6 is 0 Å². The van der Waals surface area contributed by atoms with Gasteiger partial charge in [0.05, 0.1) is 37.3 Å². The standard InChI is InChI=1S/C42H44N8O4/c1-48(2)37(31-14-8-5-9-15-31)41(52)50-25-11-16-34(50)38-43-26-32(45-38)23-20-28-18-21-29(22-19-28)33-27-44-39(46-33)35-17-10-24-49(35)40(51)36(47-42(53)54-3)30-12-6-4-7-13-30/h4-9,12-15,18-19,21-22,26-27,34-37H,10-11,16-17,24-25H2,1-3H3,(H,43,45)(H,44,46)(H,47,53)/t34-,35-,36+,37+/m0/s1. The molecule has 0 aliphatic carbocycles. The highest BCUT2D eigenvalue weighted by molar-refractivity contribution is 5.87. The lowest BCUT2D eigenvalue weighted by atomic mass is 10.0. The zero-order valence-corrected chi connectivity index (χ0v) is 30.7. The number of H-pyrrole nitrogens is 2. The van der Waals surface area contributed by atoms with E-state index < -0.39 is 12.1 Å². The van der Waals surface area contributed by atoms with Gasteiger partial charge < -0.3 is 29.8 Å². The zero-order chi connectivity index (χ0) is 37.6. The number of hydrogen-bond donors (Lipinski definition) is 3. The number of imidazole rings is 2. The van der Waals surface area contributed by atoms with Crippen LogP contribution in [0.4, 0.5) is 4.79 Å². The van der Waals surface area contributed by atoms with Crippen LogP contribution in [-0.4, -0.2) is 86.8 Å². The van der Waals surface area contributed by atoms with E-state index in [4.69, 9.17) is 4.74 Å². The van der Waals surface area contributed by atoms with Gasteiger partial charge in [-0.05, 0) is 74.5 Å². The average molecular weight is 725 g/mol. The molecular weight excluding hydrogens is 681 g/mol. The highest BCUT2D eigenvalue weighted by Gasteiger charge is 2.38. The van der Waals surface area contributed by atoms with Gasteiger partial charge in [0.2, 0.25) is 5.91 Å². The fourth-order valence-corrected chi connectivity index (χ4v) is 7.45. The molecule has 7 rings (SSSR count). The Balaban J connectivity index is 1.01. The van der Waals surface area contributed by atoms with Crippen LogP contribution in [0.2, 0.25) is 0 Å². The molecular formula is C42H44N8O4. The van der Waals surface area contributed by atoms with Gasteiger partial charge in [-0.15, -0.1) is 0 Å². The molecule has 2 saturated heterocycles. The lowest BCUT2D eigenvalue weighted by Crippen LogP contribution is -2.42. The van der Waals surface area contributed by atoms with E-state index in [9.17, 15) is 14.4 Å². The number of likely N-dealkylation sites (N-methyl/N-ethyl adjacent to an activating group) is 1. The SMILES string of the molecule is COC(=O)N[C@@H](C(=O)N1CCC[C@H]1c1ncc(-c2ccc(C#Cc3cnc([C@@H]4CCCN4C(=O)[C@@H](c4ccccc4)N(C)C)[nH]3)cc2)[nH]1)c1ccccc1. The second kappa shape index (κ2) is 16.2. The van der Waals surface area contributed by atoms with Crippen LogP contribution in [0.3, 0.4) is 0 Å². The third kappa shape index (κ3) is 7.77. The molecule has 276 valence electrons. The van der Waals surface area contributed by atoms with Gasteiger partial charge in [0.1, 0.15) is 29.4 Å². The molecule has 3 N–H and O–H groups in total. The maximum Gasteiger partial charge on any atom is 0.407 e. The summed E-state index contributed by atoms with van der Waals surface area (Å²) in [5.74, 6) is 7.72. The largest absolute Gasteiger partial charge is 0.453 e. The summed E-state index contributed by atoms with van der Waals surface area (Å²) in [5.41, 5.74) is 4.94. The molecule has 12 nitrogen and oxygen atoms in total. The highest BCUT2D eigenvalue weighted by atomic mass is 16.5. The molecule has 0 saturated carbocycles. The first-order valence-corrected chi connectivity index (χ1v) is 18.2. The van der Waals surface area contributed by atoms with Gasteiger partial charge in [0.15, 0.2) is 0 Å². The monoisotopic (exact) mass is 724 g/mol. The van der Waals surface area contributed by atoms with Crippen LogP contribution < -0.4 is 5.32 Å². The summed E-state index contributed by atoms with van der Waals surface area (Å²) in [6.07, 6.45) is 6.17. The predicted octanol–water partition coefficient (Wildman–Crippen LogP) is 5.93. The van der Waals surface area contributed by atoms with Gasteiger partial charge in [-0.3, -0.25) is 14.5 Å². The number of carbonyl (C=O) groups is 3. The molecule has 12 heteroatoms. The number of ether oxygens (including phenoxy) is 1. The summed E-state index contributed by atoms with van der Waals surface area (Å²) >= 11 is 0. The minimum atomic E-state index is -0.877. The van der Waals surface area contributed by atoms with Crippen molar-refractivity contribution in [3.05, 3.63) is 131 Å². The van der Waals surface area contributed by atoms with Crippen molar-refractivity contribution in [3.8, 4) is 23.1 Å². The minimum absolute atomic E-state index is 0.0703. The van der Waals surface area contributed by atoms with Crippen molar-refractivity contribution in [3.63, 3.8) is 0 Å². The smallest absolute Gasteiger partial charge is 0.407 e. The van der Waals surface area contributed by atoms with E-state index in [2.05, 4.69) is 37.1 Å². The van der Waals surface area contributed by atoms with E-state index in [1.165, 1.54) is 7.11 Å². The number of amides is 3. The molecule has 2 fully saturated rings. The Labute approximate surface area is 315 Å². The third-order valence-electron chi connectivity index (χ3n) is 10.1. The lowest BCUT2D eigenvalue weighted by Gasteiger charge is -2.31. The third-order valence-corrected chi connectivity index (χ3v) is 10.1. The molecule has 54 heavy (non-hydrogen) atoms. The number of aromatic amines is 2. The molecule has 3 aromatic carbocycles. The average Bonchev–Trinajstić information content (AvgIpc) is 4.04. The van der Waals surface area contributed by atoms with Gasteiger partial charge in [-0.1, -0.05) is 78.7 Å². The zero-order valence-electron chi connectivity index (χ0n) is 30.7. The van der Waals surface area contributed by atoms with Crippen LogP contribution in [0, 0.1) is 11.8 Å². The fourth-order valence-electron chi connectivity index (χ4n) is 7.45. The molecule has 0 bridgehead atoms. The molecule has 0 unspecified atom stereocenters. The Kier molecular flexibility index (Phi) is 10.9. The summed E-state index contributed by atoms with van der Waals surface area (Å²) in [4.78, 5) is 61.6. The number of rotatable bonds is 9. The van der Waals surface area contributed by atoms with Crippen LogP contribution in [-0.2, 0) is 14.3 Å². The van der Waals surface area contributed by atoms with Gasteiger partial charge in [-0.2, -0.15) is 0 Å². The first kappa shape index (κ1) is 36.2. The maximum atomic E-state index is 13.8. The first-order valence-electron chi connectivity index (χ1n) is 18.2. The van der Waals surface area contributed by atoms with Crippen molar-refractivity contribution in [1.82, 2.24) is 40.0 Å². The number of methoxy groups -OCH3 is 1. The van der Waals surface area contributed by atoms with Gasteiger partial charge in [0.25, 0.3) is 5.91 Å². The maximum absolute atomic E-state index is 13.8. The van der Waals surface area contributed by atoms with E-state index in [1.54, 1.807) is 17.3 Å². The number of nitrogens with zero attached hydrogens (tertiary/aromatic N) is 5. The highest BCUT2D eigenvalue weighted by Crippen LogP contribution is 2.35. The molecule has 2 aliphatic heterocycles. The fraction of sp³-hybridized carbons (Fsp3) is 0.310. The van der Waals surface area contributed by atoms with Gasteiger partial charge in [-0.25, -0.2) is 14.8 Å². The second-order valence-electron chi connectivity index (χ2n) is 13.8. The van der Waals surface area contributed by atoms with E-state index >= 15 is 0 Å². The molecule has 3 amide bonds. The predicted molar refractivity (Wildman–Crippen MR) is 204 cm³/mol. The van der Waals surface area contributed by atoms with Crippen molar-refractivity contribution in [2.24, 2.45) is 0 Å². The molecule has 4 heterocycles. The molecule has 2 aromatic heterocycles. The molecule has 0 spiro atoms. The molecule has 0 radical (unpaired) electrons. The van der Waals surface area contributed by atoms with Gasteiger partial charge in [0, 0.05) is 18.7 Å². The van der Waals surface area contributed by atoms with E-state index in [0.29, 0.717) is 30.2 Å². The number of hydrogen-bond acceptors (Lipinski definition) is 7. The van der Waals surface area contributed by atoms with E-state index in [1.807, 2.05) is 109 Å². The van der Waals surface area contributed by atoms with Crippen molar-refractivity contribution < 1.29 is 19.1 Å². The lowest BCUT2D eigenvalue weighted by molar-refractivity contribution is -0.137. The topological polar surface area (TPSA) is 140 Å². The first-order chi connectivity index (χ1) is 26.3. The number of nitrogens with one attached hydrogen (secondary N) is 3. The van der Waals surface area contributed by atoms with Crippen molar-refractivity contribution >= 4 is 17.9 Å². The summed E-state index contributed by atoms with van der Waals surface area (Å²) in [5, 5.41) is 2.71. The van der Waals surface area contributed by atoms with Crippen LogP contribution in [0.15, 0.2) is 97.3 Å². The number of carbonyl (C=O) groups excluding carboxylic acids is 3. The van der Waals surface area contributed by atoms with Crippen molar-refractivity contribution in [2.75, 3.05) is 34.3 Å². The molecule has 4 atom stereocenters. The molecule has 5 aromatic rings. The van der Waals surface area contributed by atoms with Crippen molar-refractivity contribution in [1.29, 1.82) is 0 Å². The summed E-state index contributed by atoms with van der Waals surface area (Å²) in [6, 6.07) is 25.3.